The highest BCUT2D eigenvalue weighted by atomic mass is 19.4. The lowest BCUT2D eigenvalue weighted by atomic mass is 10.0. The van der Waals surface area contributed by atoms with Gasteiger partial charge in [0.15, 0.2) is 11.3 Å². The van der Waals surface area contributed by atoms with Crippen molar-refractivity contribution in [1.82, 2.24) is 34.1 Å². The summed E-state index contributed by atoms with van der Waals surface area (Å²) in [6, 6.07) is 6.09. The Morgan fingerprint density at radius 3 is 2.58 bits per heavy atom. The molecule has 184 valence electrons. The smallest absolute Gasteiger partial charge is 0.366 e. The second-order valence-corrected chi connectivity index (χ2v) is 8.31. The number of nitrogens with two attached hydrogens (primary N) is 1. The number of alkyl halides is 3. The van der Waals surface area contributed by atoms with E-state index < -0.39 is 17.8 Å². The molecule has 2 N–H and O–H groups in total. The standard InChI is InChI=1S/C24H21F3N8O/c1-3-4-14-9-15(22(28)36)5-6-18(14)35-23-20(21(32-35)24(25,26)27)19(7-8-29-23)34-12-17(30-13-34)16-10-31-33(2)11-16/h5-13H,3-4H2,1-2H3,(H2,28,36). The molecule has 0 fully saturated rings. The van der Waals surface area contributed by atoms with Crippen LogP contribution in [0.25, 0.3) is 33.7 Å². The fraction of sp³-hybridized carbons (Fsp3) is 0.208. The van der Waals surface area contributed by atoms with Gasteiger partial charge < -0.3 is 10.3 Å². The van der Waals surface area contributed by atoms with E-state index in [1.165, 1.54) is 33.9 Å². The van der Waals surface area contributed by atoms with Crippen molar-refractivity contribution >= 4 is 16.9 Å². The molecule has 0 aliphatic heterocycles. The zero-order valence-electron chi connectivity index (χ0n) is 19.4. The van der Waals surface area contributed by atoms with E-state index in [1.807, 2.05) is 6.92 Å². The third-order valence-corrected chi connectivity index (χ3v) is 5.79. The zero-order valence-corrected chi connectivity index (χ0v) is 19.4. The molecule has 0 bridgehead atoms. The Labute approximate surface area is 203 Å². The lowest BCUT2D eigenvalue weighted by Crippen LogP contribution is -2.13. The van der Waals surface area contributed by atoms with Crippen molar-refractivity contribution in [3.8, 4) is 22.6 Å². The first kappa shape index (κ1) is 23.3. The lowest BCUT2D eigenvalue weighted by Gasteiger charge is -2.11. The van der Waals surface area contributed by atoms with E-state index in [1.54, 1.807) is 42.5 Å². The Kier molecular flexibility index (Phi) is 5.58. The van der Waals surface area contributed by atoms with Crippen molar-refractivity contribution in [2.45, 2.75) is 25.9 Å². The summed E-state index contributed by atoms with van der Waals surface area (Å²) in [5, 5.41) is 7.92. The first-order valence-corrected chi connectivity index (χ1v) is 11.1. The Bertz CT molecular complexity index is 1590. The van der Waals surface area contributed by atoms with Crippen LogP contribution in [0.2, 0.25) is 0 Å². The van der Waals surface area contributed by atoms with E-state index in [-0.39, 0.29) is 22.3 Å². The monoisotopic (exact) mass is 494 g/mol. The normalized spacial score (nSPS) is 11.9. The third kappa shape index (κ3) is 4.00. The summed E-state index contributed by atoms with van der Waals surface area (Å²) in [4.78, 5) is 20.3. The molecule has 5 rings (SSSR count). The van der Waals surface area contributed by atoms with Crippen LogP contribution in [0.3, 0.4) is 0 Å². The second-order valence-electron chi connectivity index (χ2n) is 8.31. The first-order valence-electron chi connectivity index (χ1n) is 11.1. The second kappa shape index (κ2) is 8.63. The van der Waals surface area contributed by atoms with E-state index in [0.29, 0.717) is 29.8 Å². The van der Waals surface area contributed by atoms with E-state index in [0.717, 1.165) is 5.56 Å². The molecular formula is C24H21F3N8O. The number of nitrogens with zero attached hydrogens (tertiary/aromatic N) is 7. The number of amides is 1. The van der Waals surface area contributed by atoms with Gasteiger partial charge in [0.1, 0.15) is 0 Å². The molecule has 0 radical (unpaired) electrons. The molecule has 0 unspecified atom stereocenters. The van der Waals surface area contributed by atoms with Gasteiger partial charge in [0, 0.05) is 36.8 Å². The number of fused-ring (bicyclic) bond motifs is 1. The van der Waals surface area contributed by atoms with Crippen LogP contribution in [0.5, 0.6) is 0 Å². The Hall–Kier alpha value is -4.48. The minimum absolute atomic E-state index is 0.0284. The van der Waals surface area contributed by atoms with Crippen LogP contribution in [-0.2, 0) is 19.6 Å². The van der Waals surface area contributed by atoms with Gasteiger partial charge in [-0.25, -0.2) is 14.6 Å². The van der Waals surface area contributed by atoms with Gasteiger partial charge in [-0.1, -0.05) is 13.3 Å². The maximum atomic E-state index is 14.2. The van der Waals surface area contributed by atoms with Crippen molar-refractivity contribution in [3.63, 3.8) is 0 Å². The predicted octanol–water partition coefficient (Wildman–Crippen LogP) is 4.08. The van der Waals surface area contributed by atoms with Crippen LogP contribution in [0.1, 0.15) is 35.0 Å². The number of aryl methyl sites for hydroxylation is 2. The molecule has 1 amide bonds. The summed E-state index contributed by atoms with van der Waals surface area (Å²) in [5.41, 5.74) is 7.19. The van der Waals surface area contributed by atoms with Gasteiger partial charge in [-0.05, 0) is 36.2 Å². The van der Waals surface area contributed by atoms with Crippen LogP contribution in [-0.4, -0.2) is 40.0 Å². The lowest BCUT2D eigenvalue weighted by molar-refractivity contribution is -0.140. The number of benzene rings is 1. The van der Waals surface area contributed by atoms with Gasteiger partial charge >= 0.3 is 6.18 Å². The molecule has 4 aromatic heterocycles. The van der Waals surface area contributed by atoms with Crippen molar-refractivity contribution < 1.29 is 18.0 Å². The molecule has 36 heavy (non-hydrogen) atoms. The number of imidazole rings is 1. The Morgan fingerprint density at radius 2 is 1.92 bits per heavy atom. The van der Waals surface area contributed by atoms with E-state index in [2.05, 4.69) is 20.2 Å². The SMILES string of the molecule is CCCc1cc(C(N)=O)ccc1-n1nc(C(F)(F)F)c2c(-n3cnc(-c4cnn(C)c4)c3)ccnc21. The number of pyridine rings is 1. The maximum Gasteiger partial charge on any atom is 0.435 e. The molecule has 0 aliphatic rings. The highest BCUT2D eigenvalue weighted by Crippen LogP contribution is 2.38. The predicted molar refractivity (Wildman–Crippen MR) is 126 cm³/mol. The number of carbonyl (C=O) groups is 1. The van der Waals surface area contributed by atoms with Crippen LogP contribution in [0.4, 0.5) is 13.2 Å². The first-order chi connectivity index (χ1) is 17.2. The summed E-state index contributed by atoms with van der Waals surface area (Å²) >= 11 is 0. The third-order valence-electron chi connectivity index (χ3n) is 5.79. The summed E-state index contributed by atoms with van der Waals surface area (Å²) < 4.78 is 47.0. The summed E-state index contributed by atoms with van der Waals surface area (Å²) in [6.45, 7) is 1.93. The number of primary amides is 1. The van der Waals surface area contributed by atoms with Gasteiger partial charge in [-0.15, -0.1) is 0 Å². The Morgan fingerprint density at radius 1 is 1.11 bits per heavy atom. The minimum atomic E-state index is -4.74. The molecule has 0 saturated carbocycles. The molecule has 4 heterocycles. The molecule has 0 aliphatic carbocycles. The summed E-state index contributed by atoms with van der Waals surface area (Å²) in [7, 11) is 1.76. The van der Waals surface area contributed by atoms with Gasteiger partial charge in [0.2, 0.25) is 5.91 Å². The van der Waals surface area contributed by atoms with Crippen molar-refractivity contribution in [2.24, 2.45) is 12.8 Å². The quantitative estimate of drug-likeness (QED) is 0.383. The molecule has 12 heteroatoms. The average Bonchev–Trinajstić information content (AvgIpc) is 3.57. The summed E-state index contributed by atoms with van der Waals surface area (Å²) in [5.74, 6) is -0.620. The number of rotatable bonds is 6. The summed E-state index contributed by atoms with van der Waals surface area (Å²) in [6.07, 6.45) is 4.35. The average molecular weight is 494 g/mol. The fourth-order valence-corrected chi connectivity index (χ4v) is 4.18. The van der Waals surface area contributed by atoms with Crippen molar-refractivity contribution in [2.75, 3.05) is 0 Å². The molecule has 5 aromatic rings. The fourth-order valence-electron chi connectivity index (χ4n) is 4.18. The molecule has 0 atom stereocenters. The number of halogens is 3. The zero-order chi connectivity index (χ0) is 25.6. The van der Waals surface area contributed by atoms with Crippen LogP contribution >= 0.6 is 0 Å². The van der Waals surface area contributed by atoms with E-state index >= 15 is 0 Å². The van der Waals surface area contributed by atoms with Gasteiger partial charge in [-0.3, -0.25) is 9.48 Å². The molecule has 0 spiro atoms. The largest absolute Gasteiger partial charge is 0.435 e. The van der Waals surface area contributed by atoms with E-state index in [4.69, 9.17) is 5.73 Å². The van der Waals surface area contributed by atoms with Gasteiger partial charge in [0.25, 0.3) is 0 Å². The Balaban J connectivity index is 1.74. The van der Waals surface area contributed by atoms with Crippen molar-refractivity contribution in [1.29, 1.82) is 0 Å². The number of hydrogen-bond acceptors (Lipinski definition) is 5. The topological polar surface area (TPSA) is 109 Å². The minimum Gasteiger partial charge on any atom is -0.366 e. The van der Waals surface area contributed by atoms with Crippen molar-refractivity contribution in [3.05, 3.63) is 72.2 Å². The molecule has 9 nitrogen and oxygen atoms in total. The van der Waals surface area contributed by atoms with Crippen LogP contribution < -0.4 is 5.73 Å². The highest BCUT2D eigenvalue weighted by Gasteiger charge is 2.39. The molecule has 0 saturated heterocycles. The van der Waals surface area contributed by atoms with Gasteiger partial charge in [0.05, 0.1) is 35.0 Å². The number of aromatic nitrogens is 7. The highest BCUT2D eigenvalue weighted by molar-refractivity contribution is 5.93. The molecule has 1 aromatic carbocycles. The van der Waals surface area contributed by atoms with Crippen LogP contribution in [0, 0.1) is 0 Å². The maximum absolute atomic E-state index is 14.2. The number of carbonyl (C=O) groups excluding carboxylic acids is 1. The van der Waals surface area contributed by atoms with Gasteiger partial charge in [-0.2, -0.15) is 23.4 Å². The van der Waals surface area contributed by atoms with E-state index in [9.17, 15) is 18.0 Å². The molecular weight excluding hydrogens is 473 g/mol. The number of hydrogen-bond donors (Lipinski definition) is 1. The van der Waals surface area contributed by atoms with Crippen LogP contribution in [0.15, 0.2) is 55.4 Å².